The fourth-order valence-electron chi connectivity index (χ4n) is 2.73. The highest BCUT2D eigenvalue weighted by Gasteiger charge is 2.20. The van der Waals surface area contributed by atoms with Gasteiger partial charge in [-0.3, -0.25) is 0 Å². The third-order valence-electron chi connectivity index (χ3n) is 4.14. The molecule has 2 aromatic carbocycles. The van der Waals surface area contributed by atoms with E-state index in [0.717, 1.165) is 31.5 Å². The standard InChI is InChI=1S/C17H18FNO2S/c1-19-10-8-13-2-5-17(12-14(13)9-11-19)22(20,21)16-6-3-15(18)4-7-16/h2-7,12H,8-11H2,1H3. The second-order valence-electron chi connectivity index (χ2n) is 5.69. The summed E-state index contributed by atoms with van der Waals surface area (Å²) in [6, 6.07) is 10.3. The van der Waals surface area contributed by atoms with E-state index in [1.54, 1.807) is 12.1 Å². The van der Waals surface area contributed by atoms with E-state index in [0.29, 0.717) is 0 Å². The largest absolute Gasteiger partial charge is 0.306 e. The average molecular weight is 319 g/mol. The molecule has 0 atom stereocenters. The smallest absolute Gasteiger partial charge is 0.206 e. The van der Waals surface area contributed by atoms with Gasteiger partial charge in [-0.25, -0.2) is 12.8 Å². The van der Waals surface area contributed by atoms with Crippen LogP contribution in [0.15, 0.2) is 52.3 Å². The van der Waals surface area contributed by atoms with Crippen molar-refractivity contribution in [3.8, 4) is 0 Å². The summed E-state index contributed by atoms with van der Waals surface area (Å²) in [7, 11) is -1.52. The Morgan fingerprint density at radius 1 is 0.909 bits per heavy atom. The van der Waals surface area contributed by atoms with Gasteiger partial charge in [-0.2, -0.15) is 0 Å². The lowest BCUT2D eigenvalue weighted by molar-refractivity contribution is 0.352. The number of sulfone groups is 1. The molecule has 1 aliphatic rings. The highest BCUT2D eigenvalue weighted by atomic mass is 32.2. The van der Waals surface area contributed by atoms with Gasteiger partial charge in [0.25, 0.3) is 0 Å². The van der Waals surface area contributed by atoms with Gasteiger partial charge in [0.1, 0.15) is 5.82 Å². The van der Waals surface area contributed by atoms with Crippen LogP contribution in [0.4, 0.5) is 4.39 Å². The molecule has 0 aromatic heterocycles. The Bertz CT molecular complexity index is 785. The van der Waals surface area contributed by atoms with E-state index in [2.05, 4.69) is 11.9 Å². The van der Waals surface area contributed by atoms with Gasteiger partial charge in [0, 0.05) is 13.1 Å². The molecule has 1 aliphatic heterocycles. The highest BCUT2D eigenvalue weighted by molar-refractivity contribution is 7.91. The van der Waals surface area contributed by atoms with E-state index in [4.69, 9.17) is 0 Å². The molecule has 5 heteroatoms. The number of likely N-dealkylation sites (N-methyl/N-ethyl adjacent to an activating group) is 1. The van der Waals surface area contributed by atoms with Crippen molar-refractivity contribution < 1.29 is 12.8 Å². The molecule has 3 nitrogen and oxygen atoms in total. The lowest BCUT2D eigenvalue weighted by atomic mass is 10.0. The topological polar surface area (TPSA) is 37.4 Å². The molecule has 0 aliphatic carbocycles. The van der Waals surface area contributed by atoms with Crippen molar-refractivity contribution >= 4 is 9.84 Å². The zero-order valence-corrected chi connectivity index (χ0v) is 13.2. The van der Waals surface area contributed by atoms with Gasteiger partial charge in [0.15, 0.2) is 0 Å². The van der Waals surface area contributed by atoms with Crippen molar-refractivity contribution in [3.63, 3.8) is 0 Å². The minimum Gasteiger partial charge on any atom is -0.306 e. The highest BCUT2D eigenvalue weighted by Crippen LogP contribution is 2.25. The van der Waals surface area contributed by atoms with Crippen LogP contribution in [-0.4, -0.2) is 33.5 Å². The second-order valence-corrected chi connectivity index (χ2v) is 7.64. The van der Waals surface area contributed by atoms with Crippen molar-refractivity contribution in [1.82, 2.24) is 4.90 Å². The first-order chi connectivity index (χ1) is 10.5. The Labute approximate surface area is 130 Å². The lowest BCUT2D eigenvalue weighted by Crippen LogP contribution is -2.20. The van der Waals surface area contributed by atoms with Gasteiger partial charge in [-0.1, -0.05) is 6.07 Å². The molecule has 0 spiro atoms. The normalized spacial score (nSPS) is 16.1. The summed E-state index contributed by atoms with van der Waals surface area (Å²) in [5.41, 5.74) is 2.30. The van der Waals surface area contributed by atoms with Crippen LogP contribution in [0, 0.1) is 5.82 Å². The maximum atomic E-state index is 13.0. The molecule has 2 aromatic rings. The van der Waals surface area contributed by atoms with Crippen LogP contribution in [0.3, 0.4) is 0 Å². The van der Waals surface area contributed by atoms with Crippen molar-refractivity contribution in [2.45, 2.75) is 22.6 Å². The van der Waals surface area contributed by atoms with Crippen molar-refractivity contribution in [1.29, 1.82) is 0 Å². The summed E-state index contributed by atoms with van der Waals surface area (Å²) in [4.78, 5) is 2.65. The van der Waals surface area contributed by atoms with E-state index in [-0.39, 0.29) is 9.79 Å². The minimum absolute atomic E-state index is 0.125. The molecular weight excluding hydrogens is 301 g/mol. The van der Waals surface area contributed by atoms with Gasteiger partial charge >= 0.3 is 0 Å². The van der Waals surface area contributed by atoms with Gasteiger partial charge < -0.3 is 4.90 Å². The van der Waals surface area contributed by atoms with E-state index >= 15 is 0 Å². The van der Waals surface area contributed by atoms with Crippen molar-refractivity contribution in [2.75, 3.05) is 20.1 Å². The number of benzene rings is 2. The predicted octanol–water partition coefficient (Wildman–Crippen LogP) is 2.69. The molecule has 3 rings (SSSR count). The quantitative estimate of drug-likeness (QED) is 0.799. The van der Waals surface area contributed by atoms with Crippen molar-refractivity contribution in [2.24, 2.45) is 0 Å². The van der Waals surface area contributed by atoms with Crippen LogP contribution in [0.5, 0.6) is 0 Å². The van der Waals surface area contributed by atoms with Gasteiger partial charge in [0.2, 0.25) is 9.84 Å². The predicted molar refractivity (Wildman–Crippen MR) is 83.2 cm³/mol. The van der Waals surface area contributed by atoms with E-state index in [1.807, 2.05) is 6.07 Å². The Balaban J connectivity index is 2.00. The molecule has 0 N–H and O–H groups in total. The lowest BCUT2D eigenvalue weighted by Gasteiger charge is -2.10. The maximum absolute atomic E-state index is 13.0. The van der Waals surface area contributed by atoms with E-state index in [9.17, 15) is 12.8 Å². The third-order valence-corrected chi connectivity index (χ3v) is 5.90. The van der Waals surface area contributed by atoms with Gasteiger partial charge in [0.05, 0.1) is 9.79 Å². The number of nitrogens with zero attached hydrogens (tertiary/aromatic N) is 1. The molecule has 22 heavy (non-hydrogen) atoms. The molecule has 0 fully saturated rings. The Morgan fingerprint density at radius 2 is 1.50 bits per heavy atom. The third kappa shape index (κ3) is 2.91. The summed E-state index contributed by atoms with van der Waals surface area (Å²) in [5.74, 6) is -0.441. The first kappa shape index (κ1) is 15.2. The molecule has 0 saturated heterocycles. The molecule has 0 saturated carbocycles. The molecule has 0 radical (unpaired) electrons. The maximum Gasteiger partial charge on any atom is 0.206 e. The Kier molecular flexibility index (Phi) is 4.02. The van der Waals surface area contributed by atoms with Crippen LogP contribution >= 0.6 is 0 Å². The molecule has 116 valence electrons. The van der Waals surface area contributed by atoms with Crippen LogP contribution in [-0.2, 0) is 22.7 Å². The molecule has 1 heterocycles. The average Bonchev–Trinajstić information content (AvgIpc) is 2.69. The van der Waals surface area contributed by atoms with Crippen LogP contribution < -0.4 is 0 Å². The first-order valence-electron chi connectivity index (χ1n) is 7.28. The summed E-state index contributed by atoms with van der Waals surface area (Å²) in [5, 5.41) is 0. The summed E-state index contributed by atoms with van der Waals surface area (Å²) >= 11 is 0. The monoisotopic (exact) mass is 319 g/mol. The number of halogens is 1. The van der Waals surface area contributed by atoms with Crippen LogP contribution in [0.2, 0.25) is 0 Å². The van der Waals surface area contributed by atoms with E-state index in [1.165, 1.54) is 29.8 Å². The molecule has 0 unspecified atom stereocenters. The van der Waals surface area contributed by atoms with Gasteiger partial charge in [-0.15, -0.1) is 0 Å². The number of rotatable bonds is 2. The first-order valence-corrected chi connectivity index (χ1v) is 8.76. The van der Waals surface area contributed by atoms with Crippen LogP contribution in [0.25, 0.3) is 0 Å². The number of hydrogen-bond acceptors (Lipinski definition) is 3. The zero-order valence-electron chi connectivity index (χ0n) is 12.4. The Hall–Kier alpha value is -1.72. The fourth-order valence-corrected chi connectivity index (χ4v) is 4.04. The zero-order chi connectivity index (χ0) is 15.7. The van der Waals surface area contributed by atoms with E-state index < -0.39 is 15.7 Å². The summed E-state index contributed by atoms with van der Waals surface area (Å²) in [6.07, 6.45) is 1.78. The summed E-state index contributed by atoms with van der Waals surface area (Å²) < 4.78 is 38.3. The molecule has 0 amide bonds. The minimum atomic E-state index is -3.59. The second kappa shape index (κ2) is 5.82. The van der Waals surface area contributed by atoms with Gasteiger partial charge in [-0.05, 0) is 67.4 Å². The fraction of sp³-hybridized carbons (Fsp3) is 0.294. The van der Waals surface area contributed by atoms with Crippen molar-refractivity contribution in [3.05, 3.63) is 59.4 Å². The molecular formula is C17H18FNO2S. The SMILES string of the molecule is CN1CCc2ccc(S(=O)(=O)c3ccc(F)cc3)cc2CC1. The number of hydrogen-bond donors (Lipinski definition) is 0. The Morgan fingerprint density at radius 3 is 2.18 bits per heavy atom. The molecule has 0 bridgehead atoms. The van der Waals surface area contributed by atoms with Crippen LogP contribution in [0.1, 0.15) is 11.1 Å². The summed E-state index contributed by atoms with van der Waals surface area (Å²) in [6.45, 7) is 1.91. The number of fused-ring (bicyclic) bond motifs is 1.